The number of thiazole rings is 1. The Labute approximate surface area is 80.8 Å². The molecule has 2 rings (SSSR count). The molecule has 4 heteroatoms. The lowest BCUT2D eigenvalue weighted by atomic mass is 10.1. The van der Waals surface area contributed by atoms with E-state index in [0.717, 1.165) is 9.88 Å². The first kappa shape index (κ1) is 8.84. The number of hydrogen-bond acceptors (Lipinski definition) is 4. The number of hydrogen-bond donors (Lipinski definition) is 0. The summed E-state index contributed by atoms with van der Waals surface area (Å²) in [5.41, 5.74) is 0. The molecule has 0 aliphatic carbocycles. The van der Waals surface area contributed by atoms with E-state index in [0.29, 0.717) is 25.2 Å². The van der Waals surface area contributed by atoms with Gasteiger partial charge in [-0.15, -0.1) is 11.3 Å². The molecular formula is C9H11NO2S. The van der Waals surface area contributed by atoms with E-state index in [9.17, 15) is 4.79 Å². The average molecular weight is 197 g/mol. The van der Waals surface area contributed by atoms with Crippen molar-refractivity contribution in [1.29, 1.82) is 0 Å². The summed E-state index contributed by atoms with van der Waals surface area (Å²) < 4.78 is 5.50. The molecule has 0 aromatic carbocycles. The maximum absolute atomic E-state index is 11.2. The maximum atomic E-state index is 11.2. The van der Waals surface area contributed by atoms with Crippen LogP contribution in [0.5, 0.6) is 0 Å². The van der Waals surface area contributed by atoms with Gasteiger partial charge in [0.1, 0.15) is 11.9 Å². The third-order valence-electron chi connectivity index (χ3n) is 2.07. The third kappa shape index (κ3) is 1.95. The number of aromatic nitrogens is 1. The summed E-state index contributed by atoms with van der Waals surface area (Å²) in [5.74, 6) is 0.294. The highest BCUT2D eigenvalue weighted by Crippen LogP contribution is 2.29. The van der Waals surface area contributed by atoms with E-state index < -0.39 is 0 Å². The van der Waals surface area contributed by atoms with Gasteiger partial charge in [-0.25, -0.2) is 4.98 Å². The molecule has 0 radical (unpaired) electrons. The van der Waals surface area contributed by atoms with E-state index in [1.54, 1.807) is 11.3 Å². The van der Waals surface area contributed by atoms with Gasteiger partial charge in [0.2, 0.25) is 0 Å². The van der Waals surface area contributed by atoms with Gasteiger partial charge in [-0.3, -0.25) is 4.79 Å². The van der Waals surface area contributed by atoms with Crippen LogP contribution in [-0.4, -0.2) is 17.4 Å². The quantitative estimate of drug-likeness (QED) is 0.690. The number of carbonyl (C=O) groups excluding carboxylic acids is 1. The highest BCUT2D eigenvalue weighted by Gasteiger charge is 2.22. The van der Waals surface area contributed by atoms with Gasteiger partial charge in [-0.05, 0) is 6.92 Å². The minimum absolute atomic E-state index is 0.0348. The Kier molecular flexibility index (Phi) is 2.42. The highest BCUT2D eigenvalue weighted by atomic mass is 32.1. The number of ether oxygens (including phenoxy) is 1. The summed E-state index contributed by atoms with van der Waals surface area (Å²) in [6.45, 7) is 2.51. The van der Waals surface area contributed by atoms with Gasteiger partial charge in [-0.1, -0.05) is 0 Å². The molecule has 3 nitrogen and oxygen atoms in total. The lowest BCUT2D eigenvalue weighted by Gasteiger charge is -2.19. The lowest BCUT2D eigenvalue weighted by molar-refractivity contribution is -0.128. The minimum atomic E-state index is -0.0348. The van der Waals surface area contributed by atoms with Gasteiger partial charge in [0.25, 0.3) is 0 Å². The van der Waals surface area contributed by atoms with Crippen LogP contribution in [-0.2, 0) is 9.53 Å². The predicted octanol–water partition coefficient (Wildman–Crippen LogP) is 1.87. The third-order valence-corrected chi connectivity index (χ3v) is 3.07. The molecule has 0 amide bonds. The van der Waals surface area contributed by atoms with Crippen molar-refractivity contribution in [2.24, 2.45) is 0 Å². The summed E-state index contributed by atoms with van der Waals surface area (Å²) in [5, 5.41) is 1.02. The van der Waals surface area contributed by atoms with E-state index in [2.05, 4.69) is 4.98 Å². The standard InChI is InChI=1S/C9H11NO2S/c1-6-10-5-9(13-6)8-4-7(11)2-3-12-8/h5,8H,2-4H2,1H3. The zero-order chi connectivity index (χ0) is 9.26. The number of carbonyl (C=O) groups is 1. The molecule has 1 aromatic heterocycles. The molecule has 1 aromatic rings. The zero-order valence-corrected chi connectivity index (χ0v) is 8.26. The van der Waals surface area contributed by atoms with E-state index in [-0.39, 0.29) is 6.10 Å². The van der Waals surface area contributed by atoms with Crippen molar-refractivity contribution in [3.63, 3.8) is 0 Å². The van der Waals surface area contributed by atoms with Crippen molar-refractivity contribution in [1.82, 2.24) is 4.98 Å². The SMILES string of the molecule is Cc1ncc(C2CC(=O)CCO2)s1. The van der Waals surface area contributed by atoms with Crippen LogP contribution in [0.15, 0.2) is 6.20 Å². The van der Waals surface area contributed by atoms with Gasteiger partial charge >= 0.3 is 0 Å². The molecule has 70 valence electrons. The van der Waals surface area contributed by atoms with Crippen molar-refractivity contribution >= 4 is 17.1 Å². The zero-order valence-electron chi connectivity index (χ0n) is 7.45. The number of Topliss-reactive ketones (excluding diaryl/α,β-unsaturated/α-hetero) is 1. The smallest absolute Gasteiger partial charge is 0.138 e. The Balaban J connectivity index is 2.12. The summed E-state index contributed by atoms with van der Waals surface area (Å²) in [7, 11) is 0. The first-order valence-electron chi connectivity index (χ1n) is 4.31. The number of ketones is 1. The van der Waals surface area contributed by atoms with Crippen molar-refractivity contribution in [2.45, 2.75) is 25.9 Å². The molecule has 0 bridgehead atoms. The summed E-state index contributed by atoms with van der Waals surface area (Å²) in [4.78, 5) is 16.4. The van der Waals surface area contributed by atoms with Crippen LogP contribution in [0.1, 0.15) is 28.8 Å². The van der Waals surface area contributed by atoms with Crippen molar-refractivity contribution in [3.05, 3.63) is 16.1 Å². The molecule has 2 heterocycles. The van der Waals surface area contributed by atoms with Crippen molar-refractivity contribution < 1.29 is 9.53 Å². The monoisotopic (exact) mass is 197 g/mol. The predicted molar refractivity (Wildman–Crippen MR) is 49.8 cm³/mol. The van der Waals surface area contributed by atoms with Crippen molar-refractivity contribution in [2.75, 3.05) is 6.61 Å². The van der Waals surface area contributed by atoms with E-state index in [1.807, 2.05) is 13.1 Å². The largest absolute Gasteiger partial charge is 0.372 e. The van der Waals surface area contributed by atoms with Gasteiger partial charge in [0, 0.05) is 19.0 Å². The van der Waals surface area contributed by atoms with Crippen LogP contribution in [0.2, 0.25) is 0 Å². The van der Waals surface area contributed by atoms with Crippen LogP contribution in [0, 0.1) is 6.92 Å². The normalized spacial score (nSPS) is 23.5. The Morgan fingerprint density at radius 1 is 1.69 bits per heavy atom. The molecule has 0 N–H and O–H groups in total. The lowest BCUT2D eigenvalue weighted by Crippen LogP contribution is -2.18. The summed E-state index contributed by atoms with van der Waals surface area (Å²) >= 11 is 1.61. The average Bonchev–Trinajstić information content (AvgIpc) is 2.52. The Morgan fingerprint density at radius 3 is 3.15 bits per heavy atom. The van der Waals surface area contributed by atoms with Crippen molar-refractivity contribution in [3.8, 4) is 0 Å². The first-order chi connectivity index (χ1) is 6.25. The molecule has 1 aliphatic heterocycles. The van der Waals surface area contributed by atoms with E-state index in [4.69, 9.17) is 4.74 Å². The second kappa shape index (κ2) is 3.55. The Bertz CT molecular complexity index is 321. The second-order valence-corrected chi connectivity index (χ2v) is 4.40. The fraction of sp³-hybridized carbons (Fsp3) is 0.556. The minimum Gasteiger partial charge on any atom is -0.372 e. The first-order valence-corrected chi connectivity index (χ1v) is 5.13. The number of aryl methyl sites for hydroxylation is 1. The van der Waals surface area contributed by atoms with Crippen LogP contribution in [0.25, 0.3) is 0 Å². The maximum Gasteiger partial charge on any atom is 0.138 e. The second-order valence-electron chi connectivity index (χ2n) is 3.13. The summed E-state index contributed by atoms with van der Waals surface area (Å²) in [6.07, 6.45) is 2.85. The Morgan fingerprint density at radius 2 is 2.54 bits per heavy atom. The molecular weight excluding hydrogens is 186 g/mol. The molecule has 1 atom stereocenters. The fourth-order valence-corrected chi connectivity index (χ4v) is 2.23. The number of rotatable bonds is 1. The van der Waals surface area contributed by atoms with E-state index >= 15 is 0 Å². The van der Waals surface area contributed by atoms with Crippen LogP contribution < -0.4 is 0 Å². The topological polar surface area (TPSA) is 39.2 Å². The summed E-state index contributed by atoms with van der Waals surface area (Å²) in [6, 6.07) is 0. The molecule has 1 unspecified atom stereocenters. The molecule has 0 saturated carbocycles. The molecule has 13 heavy (non-hydrogen) atoms. The van der Waals surface area contributed by atoms with Crippen LogP contribution in [0.4, 0.5) is 0 Å². The van der Waals surface area contributed by atoms with Crippen LogP contribution in [0.3, 0.4) is 0 Å². The molecule has 1 fully saturated rings. The van der Waals surface area contributed by atoms with E-state index in [1.165, 1.54) is 0 Å². The fourth-order valence-electron chi connectivity index (χ4n) is 1.39. The highest BCUT2D eigenvalue weighted by molar-refractivity contribution is 7.11. The van der Waals surface area contributed by atoms with Gasteiger partial charge < -0.3 is 4.74 Å². The van der Waals surface area contributed by atoms with Gasteiger partial charge in [0.15, 0.2) is 0 Å². The number of nitrogens with zero attached hydrogens (tertiary/aromatic N) is 1. The van der Waals surface area contributed by atoms with Gasteiger partial charge in [0.05, 0.1) is 16.5 Å². The molecule has 1 aliphatic rings. The van der Waals surface area contributed by atoms with Crippen LogP contribution >= 0.6 is 11.3 Å². The van der Waals surface area contributed by atoms with Gasteiger partial charge in [-0.2, -0.15) is 0 Å². The molecule has 1 saturated heterocycles. The Hall–Kier alpha value is -0.740. The molecule has 0 spiro atoms.